The lowest BCUT2D eigenvalue weighted by molar-refractivity contribution is -0.120. The van der Waals surface area contributed by atoms with Crippen molar-refractivity contribution in [1.82, 2.24) is 10.3 Å². The largest absolute Gasteiger partial charge is 0.399 e. The first-order valence-electron chi connectivity index (χ1n) is 5.94. The van der Waals surface area contributed by atoms with Crippen LogP contribution in [-0.2, 0) is 17.8 Å². The third kappa shape index (κ3) is 3.70. The molecule has 0 spiro atoms. The van der Waals surface area contributed by atoms with E-state index in [9.17, 15) is 4.79 Å². The zero-order chi connectivity index (χ0) is 13.7. The highest BCUT2D eigenvalue weighted by Crippen LogP contribution is 2.16. The topological polar surface area (TPSA) is 94.0 Å². The molecule has 0 bridgehead atoms. The SMILES string of the molecule is Nc1ccc(CC(=O)NCc2cccnc2)c(N)c1. The number of nitrogens with two attached hydrogens (primary N) is 2. The van der Waals surface area contributed by atoms with Gasteiger partial charge < -0.3 is 16.8 Å². The molecule has 0 unspecified atom stereocenters. The van der Waals surface area contributed by atoms with Crippen LogP contribution >= 0.6 is 0 Å². The van der Waals surface area contributed by atoms with Gasteiger partial charge in [0, 0.05) is 30.3 Å². The quantitative estimate of drug-likeness (QED) is 0.714. The normalized spacial score (nSPS) is 10.1. The Kier molecular flexibility index (Phi) is 3.97. The number of nitrogen functional groups attached to an aromatic ring is 2. The molecule has 5 N–H and O–H groups in total. The smallest absolute Gasteiger partial charge is 0.224 e. The van der Waals surface area contributed by atoms with Crippen LogP contribution in [0.3, 0.4) is 0 Å². The Balaban J connectivity index is 1.91. The average Bonchev–Trinajstić information content (AvgIpc) is 2.41. The Morgan fingerprint density at radius 3 is 2.79 bits per heavy atom. The van der Waals surface area contributed by atoms with Crippen LogP contribution in [-0.4, -0.2) is 10.9 Å². The van der Waals surface area contributed by atoms with Crippen LogP contribution in [0.5, 0.6) is 0 Å². The summed E-state index contributed by atoms with van der Waals surface area (Å²) >= 11 is 0. The molecule has 5 heteroatoms. The third-order valence-corrected chi connectivity index (χ3v) is 2.73. The fourth-order valence-electron chi connectivity index (χ4n) is 1.71. The molecule has 0 radical (unpaired) electrons. The zero-order valence-corrected chi connectivity index (χ0v) is 10.5. The van der Waals surface area contributed by atoms with Crippen molar-refractivity contribution in [2.45, 2.75) is 13.0 Å². The Morgan fingerprint density at radius 2 is 2.11 bits per heavy atom. The predicted molar refractivity (Wildman–Crippen MR) is 75.1 cm³/mol. The molecular weight excluding hydrogens is 240 g/mol. The van der Waals surface area contributed by atoms with Gasteiger partial charge in [-0.05, 0) is 29.3 Å². The summed E-state index contributed by atoms with van der Waals surface area (Å²) in [5, 5.41) is 2.82. The number of amides is 1. The van der Waals surface area contributed by atoms with E-state index in [2.05, 4.69) is 10.3 Å². The minimum atomic E-state index is -0.0830. The molecule has 1 aromatic heterocycles. The highest BCUT2D eigenvalue weighted by atomic mass is 16.1. The summed E-state index contributed by atoms with van der Waals surface area (Å²) in [7, 11) is 0. The van der Waals surface area contributed by atoms with Crippen LogP contribution in [0.2, 0.25) is 0 Å². The van der Waals surface area contributed by atoms with Crippen molar-refractivity contribution in [2.75, 3.05) is 11.5 Å². The van der Waals surface area contributed by atoms with Crippen LogP contribution in [0.4, 0.5) is 11.4 Å². The number of pyridine rings is 1. The maximum Gasteiger partial charge on any atom is 0.224 e. The molecule has 19 heavy (non-hydrogen) atoms. The first-order chi connectivity index (χ1) is 9.15. The van der Waals surface area contributed by atoms with Crippen molar-refractivity contribution in [1.29, 1.82) is 0 Å². The zero-order valence-electron chi connectivity index (χ0n) is 10.5. The van der Waals surface area contributed by atoms with E-state index in [4.69, 9.17) is 11.5 Å². The average molecular weight is 256 g/mol. The van der Waals surface area contributed by atoms with Gasteiger partial charge in [-0.3, -0.25) is 9.78 Å². The fourth-order valence-corrected chi connectivity index (χ4v) is 1.71. The second-order valence-electron chi connectivity index (χ2n) is 4.27. The van der Waals surface area contributed by atoms with Gasteiger partial charge in [0.25, 0.3) is 0 Å². The molecule has 1 aromatic carbocycles. The second-order valence-corrected chi connectivity index (χ2v) is 4.27. The summed E-state index contributed by atoms with van der Waals surface area (Å²) in [6.07, 6.45) is 3.66. The number of anilines is 2. The van der Waals surface area contributed by atoms with Gasteiger partial charge in [-0.2, -0.15) is 0 Å². The van der Waals surface area contributed by atoms with E-state index in [1.165, 1.54) is 0 Å². The summed E-state index contributed by atoms with van der Waals surface area (Å²) in [5.74, 6) is -0.0830. The van der Waals surface area contributed by atoms with Crippen molar-refractivity contribution in [3.8, 4) is 0 Å². The molecule has 2 rings (SSSR count). The lowest BCUT2D eigenvalue weighted by Crippen LogP contribution is -2.25. The molecule has 1 heterocycles. The summed E-state index contributed by atoms with van der Waals surface area (Å²) in [4.78, 5) is 15.8. The highest BCUT2D eigenvalue weighted by Gasteiger charge is 2.06. The van der Waals surface area contributed by atoms with E-state index >= 15 is 0 Å². The molecule has 0 aliphatic carbocycles. The van der Waals surface area contributed by atoms with Gasteiger partial charge in [-0.25, -0.2) is 0 Å². The van der Waals surface area contributed by atoms with E-state index in [1.54, 1.807) is 30.6 Å². The lowest BCUT2D eigenvalue weighted by Gasteiger charge is -2.08. The minimum Gasteiger partial charge on any atom is -0.399 e. The van der Waals surface area contributed by atoms with E-state index in [0.29, 0.717) is 17.9 Å². The van der Waals surface area contributed by atoms with Crippen molar-refractivity contribution in [3.05, 3.63) is 53.9 Å². The van der Waals surface area contributed by atoms with Gasteiger partial charge >= 0.3 is 0 Å². The van der Waals surface area contributed by atoms with E-state index < -0.39 is 0 Å². The van der Waals surface area contributed by atoms with E-state index in [1.807, 2.05) is 12.1 Å². The number of hydrogen-bond donors (Lipinski definition) is 3. The molecule has 0 aliphatic heterocycles. The van der Waals surface area contributed by atoms with Crippen LogP contribution in [0.25, 0.3) is 0 Å². The molecule has 2 aromatic rings. The van der Waals surface area contributed by atoms with Crippen LogP contribution < -0.4 is 16.8 Å². The number of carbonyl (C=O) groups excluding carboxylic acids is 1. The number of benzene rings is 1. The molecule has 1 amide bonds. The highest BCUT2D eigenvalue weighted by molar-refractivity contribution is 5.80. The number of carbonyl (C=O) groups is 1. The number of hydrogen-bond acceptors (Lipinski definition) is 4. The van der Waals surface area contributed by atoms with Crippen molar-refractivity contribution in [3.63, 3.8) is 0 Å². The van der Waals surface area contributed by atoms with Crippen molar-refractivity contribution in [2.24, 2.45) is 0 Å². The molecule has 0 fully saturated rings. The maximum atomic E-state index is 11.8. The third-order valence-electron chi connectivity index (χ3n) is 2.73. The fraction of sp³-hybridized carbons (Fsp3) is 0.143. The first kappa shape index (κ1) is 12.9. The molecular formula is C14H16N4O. The molecule has 0 aliphatic rings. The van der Waals surface area contributed by atoms with Crippen LogP contribution in [0, 0.1) is 0 Å². The summed E-state index contributed by atoms with van der Waals surface area (Å²) in [6.45, 7) is 0.460. The molecule has 0 saturated carbocycles. The molecule has 0 saturated heterocycles. The van der Waals surface area contributed by atoms with E-state index in [0.717, 1.165) is 11.1 Å². The summed E-state index contributed by atoms with van der Waals surface area (Å²) in [5.41, 5.74) is 14.3. The number of nitrogens with one attached hydrogen (secondary N) is 1. The Morgan fingerprint density at radius 1 is 1.26 bits per heavy atom. The van der Waals surface area contributed by atoms with Gasteiger partial charge in [0.05, 0.1) is 6.42 Å². The second kappa shape index (κ2) is 5.86. The van der Waals surface area contributed by atoms with Crippen LogP contribution in [0.15, 0.2) is 42.7 Å². The van der Waals surface area contributed by atoms with Crippen molar-refractivity contribution < 1.29 is 4.79 Å². The minimum absolute atomic E-state index is 0.0830. The maximum absolute atomic E-state index is 11.8. The van der Waals surface area contributed by atoms with Gasteiger partial charge in [0.2, 0.25) is 5.91 Å². The molecule has 0 atom stereocenters. The van der Waals surface area contributed by atoms with E-state index in [-0.39, 0.29) is 12.3 Å². The monoisotopic (exact) mass is 256 g/mol. The number of aromatic nitrogens is 1. The number of rotatable bonds is 4. The Labute approximate surface area is 111 Å². The van der Waals surface area contributed by atoms with Crippen LogP contribution in [0.1, 0.15) is 11.1 Å². The van der Waals surface area contributed by atoms with Crippen molar-refractivity contribution >= 4 is 17.3 Å². The van der Waals surface area contributed by atoms with Gasteiger partial charge in [-0.1, -0.05) is 12.1 Å². The summed E-state index contributed by atoms with van der Waals surface area (Å²) < 4.78 is 0. The lowest BCUT2D eigenvalue weighted by atomic mass is 10.1. The Bertz CT molecular complexity index is 569. The standard InChI is InChI=1S/C14H16N4O/c15-12-4-3-11(13(16)7-12)6-14(19)18-9-10-2-1-5-17-8-10/h1-5,7-8H,6,9,15-16H2,(H,18,19). The number of nitrogens with zero attached hydrogens (tertiary/aromatic N) is 1. The predicted octanol–water partition coefficient (Wildman–Crippen LogP) is 1.10. The Hall–Kier alpha value is -2.56. The first-order valence-corrected chi connectivity index (χ1v) is 5.94. The summed E-state index contributed by atoms with van der Waals surface area (Å²) in [6, 6.07) is 8.91. The van der Waals surface area contributed by atoms with Gasteiger partial charge in [0.1, 0.15) is 0 Å². The van der Waals surface area contributed by atoms with Gasteiger partial charge in [-0.15, -0.1) is 0 Å². The van der Waals surface area contributed by atoms with Gasteiger partial charge in [0.15, 0.2) is 0 Å². The molecule has 5 nitrogen and oxygen atoms in total. The molecule has 98 valence electrons.